The number of methoxy groups -OCH3 is 1. The maximum Gasteiger partial charge on any atom is 0.305 e. The van der Waals surface area contributed by atoms with E-state index in [9.17, 15) is 14.4 Å². The van der Waals surface area contributed by atoms with E-state index in [1.54, 1.807) is 7.11 Å². The molecule has 1 heterocycles. The van der Waals surface area contributed by atoms with Crippen molar-refractivity contribution in [1.82, 2.24) is 0 Å². The normalized spacial score (nSPS) is 19.7. The van der Waals surface area contributed by atoms with Gasteiger partial charge in [-0.1, -0.05) is 6.92 Å². The minimum atomic E-state index is -0.132. The lowest BCUT2D eigenvalue weighted by Crippen LogP contribution is -2.12. The highest BCUT2D eigenvalue weighted by molar-refractivity contribution is 5.85. The summed E-state index contributed by atoms with van der Waals surface area (Å²) in [5.41, 5.74) is 0. The Hall–Kier alpha value is -1.23. The number of cyclic esters (lactones) is 1. The predicted molar refractivity (Wildman–Crippen MR) is 87.1 cm³/mol. The van der Waals surface area contributed by atoms with E-state index in [0.717, 1.165) is 25.7 Å². The van der Waals surface area contributed by atoms with Crippen molar-refractivity contribution in [1.29, 1.82) is 0 Å². The first-order chi connectivity index (χ1) is 11.0. The predicted octanol–water partition coefficient (Wildman–Crippen LogP) is 3.09. The van der Waals surface area contributed by atoms with Crippen LogP contribution in [0.2, 0.25) is 0 Å². The topological polar surface area (TPSA) is 69.7 Å². The highest BCUT2D eigenvalue weighted by Gasteiger charge is 2.18. The van der Waals surface area contributed by atoms with Crippen LogP contribution in [0.5, 0.6) is 0 Å². The largest absolute Gasteiger partial charge is 0.465 e. The number of hydrogen-bond acceptors (Lipinski definition) is 5. The standard InChI is InChI=1S/C18H30O5/c1-14(12-22-2)6-8-16(19)10-11-17(20)9-7-15-4-3-5-18(21)23-13-15/h14-15H,3-13H2,1-2H3. The van der Waals surface area contributed by atoms with Gasteiger partial charge in [0.2, 0.25) is 0 Å². The van der Waals surface area contributed by atoms with E-state index < -0.39 is 0 Å². The van der Waals surface area contributed by atoms with E-state index in [4.69, 9.17) is 9.47 Å². The average Bonchev–Trinajstić information content (AvgIpc) is 2.73. The number of carbonyl (C=O) groups is 3. The fourth-order valence-corrected chi connectivity index (χ4v) is 2.80. The molecular formula is C18H30O5. The van der Waals surface area contributed by atoms with Gasteiger partial charge in [-0.15, -0.1) is 0 Å². The monoisotopic (exact) mass is 326 g/mol. The van der Waals surface area contributed by atoms with Crippen LogP contribution in [0, 0.1) is 11.8 Å². The Balaban J connectivity index is 2.11. The minimum Gasteiger partial charge on any atom is -0.465 e. The molecule has 132 valence electrons. The van der Waals surface area contributed by atoms with Crippen LogP contribution in [-0.2, 0) is 23.9 Å². The van der Waals surface area contributed by atoms with Gasteiger partial charge in [-0.05, 0) is 37.5 Å². The van der Waals surface area contributed by atoms with E-state index in [2.05, 4.69) is 6.92 Å². The fourth-order valence-electron chi connectivity index (χ4n) is 2.80. The summed E-state index contributed by atoms with van der Waals surface area (Å²) in [5, 5.41) is 0. The highest BCUT2D eigenvalue weighted by Crippen LogP contribution is 2.20. The molecule has 0 bridgehead atoms. The van der Waals surface area contributed by atoms with E-state index in [0.29, 0.717) is 51.2 Å². The number of ether oxygens (including phenoxy) is 2. The van der Waals surface area contributed by atoms with Crippen molar-refractivity contribution in [3.63, 3.8) is 0 Å². The third kappa shape index (κ3) is 9.49. The molecule has 2 atom stereocenters. The lowest BCUT2D eigenvalue weighted by atomic mass is 9.95. The zero-order valence-electron chi connectivity index (χ0n) is 14.5. The Labute approximate surface area is 139 Å². The van der Waals surface area contributed by atoms with E-state index in [1.807, 2.05) is 0 Å². The van der Waals surface area contributed by atoms with Crippen LogP contribution in [0.1, 0.15) is 64.7 Å². The molecule has 0 N–H and O–H groups in total. The quantitative estimate of drug-likeness (QED) is 0.546. The Morgan fingerprint density at radius 3 is 2.61 bits per heavy atom. The summed E-state index contributed by atoms with van der Waals surface area (Å²) in [6.45, 7) is 3.15. The lowest BCUT2D eigenvalue weighted by molar-refractivity contribution is -0.143. The number of Topliss-reactive ketones (excluding diaryl/α,β-unsaturated/α-hetero) is 2. The van der Waals surface area contributed by atoms with Crippen molar-refractivity contribution < 1.29 is 23.9 Å². The van der Waals surface area contributed by atoms with Gasteiger partial charge in [0.1, 0.15) is 11.6 Å². The number of carbonyl (C=O) groups excluding carboxylic acids is 3. The van der Waals surface area contributed by atoms with Gasteiger partial charge in [-0.3, -0.25) is 14.4 Å². The molecule has 0 aromatic carbocycles. The molecule has 0 aliphatic carbocycles. The molecule has 1 saturated heterocycles. The van der Waals surface area contributed by atoms with E-state index in [-0.39, 0.29) is 23.5 Å². The molecule has 2 unspecified atom stereocenters. The molecule has 1 aliphatic heterocycles. The maximum absolute atomic E-state index is 11.9. The molecule has 0 saturated carbocycles. The Bertz CT molecular complexity index is 391. The number of ketones is 2. The van der Waals surface area contributed by atoms with Gasteiger partial charge in [-0.25, -0.2) is 0 Å². The third-order valence-corrected chi connectivity index (χ3v) is 4.35. The fraction of sp³-hybridized carbons (Fsp3) is 0.833. The average molecular weight is 326 g/mol. The van der Waals surface area contributed by atoms with Crippen molar-refractivity contribution in [2.75, 3.05) is 20.3 Å². The summed E-state index contributed by atoms with van der Waals surface area (Å²) in [4.78, 5) is 34.9. The van der Waals surface area contributed by atoms with Crippen LogP contribution in [0.3, 0.4) is 0 Å². The Kier molecular flexibility index (Phi) is 9.76. The van der Waals surface area contributed by atoms with E-state index in [1.165, 1.54) is 0 Å². The molecule has 0 amide bonds. The van der Waals surface area contributed by atoms with Crippen molar-refractivity contribution >= 4 is 17.5 Å². The first-order valence-electron chi connectivity index (χ1n) is 8.69. The molecular weight excluding hydrogens is 296 g/mol. The third-order valence-electron chi connectivity index (χ3n) is 4.35. The van der Waals surface area contributed by atoms with Gasteiger partial charge in [0.15, 0.2) is 0 Å². The molecule has 0 spiro atoms. The minimum absolute atomic E-state index is 0.132. The molecule has 23 heavy (non-hydrogen) atoms. The summed E-state index contributed by atoms with van der Waals surface area (Å²) in [5.74, 6) is 0.823. The Morgan fingerprint density at radius 2 is 1.91 bits per heavy atom. The summed E-state index contributed by atoms with van der Waals surface area (Å²) >= 11 is 0. The van der Waals surface area contributed by atoms with E-state index >= 15 is 0 Å². The first-order valence-corrected chi connectivity index (χ1v) is 8.69. The van der Waals surface area contributed by atoms with Crippen LogP contribution < -0.4 is 0 Å². The molecule has 0 aromatic heterocycles. The molecule has 1 fully saturated rings. The second kappa shape index (κ2) is 11.3. The summed E-state index contributed by atoms with van der Waals surface area (Å²) in [7, 11) is 1.66. The van der Waals surface area contributed by atoms with Gasteiger partial charge in [0.05, 0.1) is 6.61 Å². The zero-order valence-corrected chi connectivity index (χ0v) is 14.5. The second-order valence-corrected chi connectivity index (χ2v) is 6.66. The summed E-state index contributed by atoms with van der Waals surface area (Å²) < 4.78 is 10.1. The molecule has 1 aliphatic rings. The van der Waals surface area contributed by atoms with Gasteiger partial charge < -0.3 is 9.47 Å². The summed E-state index contributed by atoms with van der Waals surface area (Å²) in [6, 6.07) is 0. The van der Waals surface area contributed by atoms with Gasteiger partial charge in [-0.2, -0.15) is 0 Å². The molecule has 0 radical (unpaired) electrons. The van der Waals surface area contributed by atoms with Crippen molar-refractivity contribution in [3.8, 4) is 0 Å². The Morgan fingerprint density at radius 1 is 1.22 bits per heavy atom. The highest BCUT2D eigenvalue weighted by atomic mass is 16.5. The van der Waals surface area contributed by atoms with Gasteiger partial charge >= 0.3 is 5.97 Å². The lowest BCUT2D eigenvalue weighted by Gasteiger charge is -2.12. The molecule has 5 heteroatoms. The van der Waals surface area contributed by atoms with Crippen molar-refractivity contribution in [2.24, 2.45) is 11.8 Å². The summed E-state index contributed by atoms with van der Waals surface area (Å²) in [6.07, 6.45) is 5.53. The number of hydrogen-bond donors (Lipinski definition) is 0. The number of rotatable bonds is 11. The smallest absolute Gasteiger partial charge is 0.305 e. The number of esters is 1. The van der Waals surface area contributed by atoms with Crippen LogP contribution in [-0.4, -0.2) is 37.9 Å². The van der Waals surface area contributed by atoms with Crippen molar-refractivity contribution in [2.45, 2.75) is 64.7 Å². The van der Waals surface area contributed by atoms with Crippen molar-refractivity contribution in [3.05, 3.63) is 0 Å². The SMILES string of the molecule is COCC(C)CCC(=O)CCC(=O)CCC1CCCC(=O)OC1. The van der Waals surface area contributed by atoms with Crippen LogP contribution >= 0.6 is 0 Å². The first kappa shape index (κ1) is 19.8. The van der Waals surface area contributed by atoms with Crippen LogP contribution in [0.25, 0.3) is 0 Å². The zero-order chi connectivity index (χ0) is 17.1. The van der Waals surface area contributed by atoms with Gasteiger partial charge in [0, 0.05) is 45.8 Å². The van der Waals surface area contributed by atoms with Gasteiger partial charge in [0.25, 0.3) is 0 Å². The molecule has 1 rings (SSSR count). The maximum atomic E-state index is 11.9. The van der Waals surface area contributed by atoms with Crippen LogP contribution in [0.4, 0.5) is 0 Å². The molecule has 5 nitrogen and oxygen atoms in total. The second-order valence-electron chi connectivity index (χ2n) is 6.66. The molecule has 0 aromatic rings. The van der Waals surface area contributed by atoms with Crippen LogP contribution in [0.15, 0.2) is 0 Å².